The van der Waals surface area contributed by atoms with E-state index in [-0.39, 0.29) is 30.9 Å². The number of amides is 2. The van der Waals surface area contributed by atoms with Gasteiger partial charge in [0.25, 0.3) is 0 Å². The van der Waals surface area contributed by atoms with E-state index in [4.69, 9.17) is 14.9 Å². The standard InChI is InChI=1S/C38H66N2O7/c1-3-5-7-8-9-10-11-12-13-14-15-16-17-18-19-20-21-22-26-30-37(44)47-33(27-6-4-2)28-24-23-25-29-35(42)39-31-36(43)40-34(32-41)38(45)46/h9-10,12-13,15-16,33-34,41H,3-8,11,14,17-32H2,1-2H3,(H,39,42)(H,40,43)(H,45,46)/b10-9-,13-12-,16-15-. The molecule has 9 nitrogen and oxygen atoms in total. The van der Waals surface area contributed by atoms with Gasteiger partial charge in [-0.3, -0.25) is 14.4 Å². The van der Waals surface area contributed by atoms with Crippen molar-refractivity contribution < 1.29 is 34.1 Å². The highest BCUT2D eigenvalue weighted by Crippen LogP contribution is 2.16. The van der Waals surface area contributed by atoms with E-state index < -0.39 is 24.5 Å². The zero-order valence-electron chi connectivity index (χ0n) is 29.5. The Morgan fingerprint density at radius 1 is 0.638 bits per heavy atom. The van der Waals surface area contributed by atoms with Crippen LogP contribution < -0.4 is 10.6 Å². The van der Waals surface area contributed by atoms with Crippen LogP contribution in [0.4, 0.5) is 0 Å². The van der Waals surface area contributed by atoms with E-state index in [1.807, 2.05) is 0 Å². The van der Waals surface area contributed by atoms with Crippen LogP contribution in [0.5, 0.6) is 0 Å². The summed E-state index contributed by atoms with van der Waals surface area (Å²) < 4.78 is 5.80. The third-order valence-corrected chi connectivity index (χ3v) is 7.89. The minimum atomic E-state index is -1.39. The normalized spacial score (nSPS) is 12.9. The minimum Gasteiger partial charge on any atom is -0.480 e. The first-order valence-corrected chi connectivity index (χ1v) is 18.4. The lowest BCUT2D eigenvalue weighted by atomic mass is 10.0. The molecule has 0 saturated heterocycles. The number of rotatable bonds is 32. The van der Waals surface area contributed by atoms with Gasteiger partial charge in [0.1, 0.15) is 12.1 Å². The summed E-state index contributed by atoms with van der Waals surface area (Å²) >= 11 is 0. The number of hydrogen-bond donors (Lipinski definition) is 4. The van der Waals surface area contributed by atoms with Gasteiger partial charge in [-0.1, -0.05) is 108 Å². The van der Waals surface area contributed by atoms with Crippen LogP contribution in [0.15, 0.2) is 36.5 Å². The molecule has 2 amide bonds. The maximum Gasteiger partial charge on any atom is 0.328 e. The Labute approximate surface area is 285 Å². The van der Waals surface area contributed by atoms with E-state index in [0.29, 0.717) is 12.8 Å². The number of aliphatic hydroxyl groups excluding tert-OH is 1. The Morgan fingerprint density at radius 3 is 1.79 bits per heavy atom. The van der Waals surface area contributed by atoms with Gasteiger partial charge >= 0.3 is 11.9 Å². The predicted molar refractivity (Wildman–Crippen MR) is 190 cm³/mol. The summed E-state index contributed by atoms with van der Waals surface area (Å²) in [6, 6.07) is -1.39. The van der Waals surface area contributed by atoms with Crippen molar-refractivity contribution in [2.24, 2.45) is 0 Å². The zero-order valence-corrected chi connectivity index (χ0v) is 29.5. The lowest BCUT2D eigenvalue weighted by molar-refractivity contribution is -0.150. The molecule has 47 heavy (non-hydrogen) atoms. The van der Waals surface area contributed by atoms with Gasteiger partial charge in [-0.2, -0.15) is 0 Å². The molecular formula is C38H66N2O7. The molecule has 0 aliphatic carbocycles. The Hall–Kier alpha value is -2.94. The van der Waals surface area contributed by atoms with Crippen molar-refractivity contribution in [2.75, 3.05) is 13.2 Å². The molecule has 9 heteroatoms. The van der Waals surface area contributed by atoms with Crippen molar-refractivity contribution in [1.29, 1.82) is 0 Å². The van der Waals surface area contributed by atoms with Gasteiger partial charge in [0, 0.05) is 12.8 Å². The monoisotopic (exact) mass is 662 g/mol. The Kier molecular flexibility index (Phi) is 30.9. The maximum atomic E-state index is 12.5. The number of hydrogen-bond acceptors (Lipinski definition) is 6. The van der Waals surface area contributed by atoms with Crippen molar-refractivity contribution in [3.8, 4) is 0 Å². The minimum absolute atomic E-state index is 0.0885. The second-order valence-electron chi connectivity index (χ2n) is 12.3. The third-order valence-electron chi connectivity index (χ3n) is 7.89. The summed E-state index contributed by atoms with van der Waals surface area (Å²) in [5.41, 5.74) is 0. The first kappa shape index (κ1) is 44.1. The van der Waals surface area contributed by atoms with Crippen LogP contribution in [-0.2, 0) is 23.9 Å². The number of carboxylic acids is 1. The first-order valence-electron chi connectivity index (χ1n) is 18.4. The average Bonchev–Trinajstić information content (AvgIpc) is 3.05. The predicted octanol–water partition coefficient (Wildman–Crippen LogP) is 7.87. The molecule has 0 aromatic rings. The third kappa shape index (κ3) is 30.2. The highest BCUT2D eigenvalue weighted by molar-refractivity contribution is 5.87. The van der Waals surface area contributed by atoms with E-state index >= 15 is 0 Å². The van der Waals surface area contributed by atoms with Crippen molar-refractivity contribution >= 4 is 23.8 Å². The number of esters is 1. The lowest BCUT2D eigenvalue weighted by Gasteiger charge is -2.18. The van der Waals surface area contributed by atoms with Crippen LogP contribution in [-0.4, -0.2) is 59.3 Å². The van der Waals surface area contributed by atoms with Crippen LogP contribution in [0.1, 0.15) is 155 Å². The molecule has 2 atom stereocenters. The highest BCUT2D eigenvalue weighted by atomic mass is 16.5. The lowest BCUT2D eigenvalue weighted by Crippen LogP contribution is -2.47. The van der Waals surface area contributed by atoms with Crippen LogP contribution in [0, 0.1) is 0 Å². The Morgan fingerprint density at radius 2 is 1.17 bits per heavy atom. The summed E-state index contributed by atoms with van der Waals surface area (Å²) in [7, 11) is 0. The van der Waals surface area contributed by atoms with E-state index in [1.165, 1.54) is 44.9 Å². The molecule has 0 fully saturated rings. The van der Waals surface area contributed by atoms with E-state index in [1.54, 1.807) is 0 Å². The molecule has 270 valence electrons. The molecule has 0 heterocycles. The Bertz CT molecular complexity index is 900. The van der Waals surface area contributed by atoms with Crippen molar-refractivity contribution in [1.82, 2.24) is 10.6 Å². The first-order chi connectivity index (χ1) is 22.8. The number of allylic oxidation sites excluding steroid dienone is 6. The second kappa shape index (κ2) is 33.0. The van der Waals surface area contributed by atoms with E-state index in [9.17, 15) is 19.2 Å². The largest absolute Gasteiger partial charge is 0.480 e. The molecule has 4 N–H and O–H groups in total. The van der Waals surface area contributed by atoms with Gasteiger partial charge in [-0.25, -0.2) is 4.79 Å². The highest BCUT2D eigenvalue weighted by Gasteiger charge is 2.19. The van der Waals surface area contributed by atoms with Crippen LogP contribution >= 0.6 is 0 Å². The van der Waals surface area contributed by atoms with Gasteiger partial charge in [0.2, 0.25) is 11.8 Å². The molecule has 0 spiro atoms. The molecule has 2 unspecified atom stereocenters. The number of carbonyl (C=O) groups excluding carboxylic acids is 3. The number of aliphatic hydroxyl groups is 1. The fraction of sp³-hybridized carbons (Fsp3) is 0.737. The van der Waals surface area contributed by atoms with Gasteiger partial charge in [-0.15, -0.1) is 0 Å². The SMILES string of the molecule is CCCCC/C=C\C/C=C\C/C=C\CCCCCCCCC(=O)OC(CCCC)CCCCCC(=O)NCC(=O)NC(CO)C(=O)O. The number of carboxylic acid groups (broad SMARTS) is 1. The molecule has 0 aromatic heterocycles. The molecule has 0 aromatic carbocycles. The van der Waals surface area contributed by atoms with E-state index in [0.717, 1.165) is 77.0 Å². The van der Waals surface area contributed by atoms with Gasteiger partial charge < -0.3 is 25.6 Å². The maximum absolute atomic E-state index is 12.5. The fourth-order valence-corrected chi connectivity index (χ4v) is 5.00. The number of carbonyl (C=O) groups is 4. The van der Waals surface area contributed by atoms with Gasteiger partial charge in [0.15, 0.2) is 0 Å². The fourth-order valence-electron chi connectivity index (χ4n) is 5.00. The van der Waals surface area contributed by atoms with Crippen LogP contribution in [0.2, 0.25) is 0 Å². The quantitative estimate of drug-likeness (QED) is 0.0326. The molecule has 0 bridgehead atoms. The van der Waals surface area contributed by atoms with Crippen molar-refractivity contribution in [3.63, 3.8) is 0 Å². The molecule has 0 aliphatic heterocycles. The van der Waals surface area contributed by atoms with E-state index in [2.05, 4.69) is 60.9 Å². The molecule has 0 aliphatic rings. The number of nitrogens with one attached hydrogen (secondary N) is 2. The van der Waals surface area contributed by atoms with Crippen LogP contribution in [0.3, 0.4) is 0 Å². The van der Waals surface area contributed by atoms with Crippen molar-refractivity contribution in [3.05, 3.63) is 36.5 Å². The Balaban J connectivity index is 3.90. The molecule has 0 saturated carbocycles. The summed E-state index contributed by atoms with van der Waals surface area (Å²) in [6.45, 7) is 3.29. The number of ether oxygens (including phenoxy) is 1. The van der Waals surface area contributed by atoms with Crippen molar-refractivity contribution in [2.45, 2.75) is 167 Å². The number of unbranched alkanes of at least 4 members (excludes halogenated alkanes) is 12. The summed E-state index contributed by atoms with van der Waals surface area (Å²) in [4.78, 5) is 47.0. The molecule has 0 radical (unpaired) electrons. The van der Waals surface area contributed by atoms with Gasteiger partial charge in [0.05, 0.1) is 13.2 Å². The summed E-state index contributed by atoms with van der Waals surface area (Å²) in [5.74, 6) is -2.42. The summed E-state index contributed by atoms with van der Waals surface area (Å²) in [5, 5.41) is 22.4. The molecule has 0 rings (SSSR count). The average molecular weight is 663 g/mol. The van der Waals surface area contributed by atoms with Gasteiger partial charge in [-0.05, 0) is 70.6 Å². The summed E-state index contributed by atoms with van der Waals surface area (Å²) in [6.07, 6.45) is 35.1. The zero-order chi connectivity index (χ0) is 34.8. The topological polar surface area (TPSA) is 142 Å². The molecular weight excluding hydrogens is 596 g/mol. The second-order valence-corrected chi connectivity index (χ2v) is 12.3. The van der Waals surface area contributed by atoms with Crippen LogP contribution in [0.25, 0.3) is 0 Å². The number of aliphatic carboxylic acids is 1. The smallest absolute Gasteiger partial charge is 0.328 e.